The van der Waals surface area contributed by atoms with E-state index in [9.17, 15) is 14.7 Å². The van der Waals surface area contributed by atoms with Crippen LogP contribution in [0.3, 0.4) is 0 Å². The van der Waals surface area contributed by atoms with Crippen molar-refractivity contribution in [2.75, 3.05) is 0 Å². The predicted molar refractivity (Wildman–Crippen MR) is 42.5 cm³/mol. The molecule has 0 radical (unpaired) electrons. The minimum Gasteiger partial charge on any atom is -0.391 e. The second kappa shape index (κ2) is 1.80. The van der Waals surface area contributed by atoms with Gasteiger partial charge in [0.25, 0.3) is 0 Å². The van der Waals surface area contributed by atoms with Gasteiger partial charge >= 0.3 is 0 Å². The van der Waals surface area contributed by atoms with E-state index >= 15 is 0 Å². The molecule has 3 fully saturated rings. The Balaban J connectivity index is 2.02. The molecule has 3 rings (SSSR count). The third kappa shape index (κ3) is 0.668. The van der Waals surface area contributed by atoms with Crippen LogP contribution in [0.25, 0.3) is 0 Å². The van der Waals surface area contributed by atoms with Gasteiger partial charge in [-0.05, 0) is 25.7 Å². The van der Waals surface area contributed by atoms with Crippen LogP contribution in [0.1, 0.15) is 25.7 Å². The number of rotatable bonds is 0. The van der Waals surface area contributed by atoms with Crippen LogP contribution in [0, 0.1) is 10.8 Å². The zero-order chi connectivity index (χ0) is 9.27. The highest BCUT2D eigenvalue weighted by Crippen LogP contribution is 2.63. The molecule has 13 heavy (non-hydrogen) atoms. The number of hydrogen-bond acceptors (Lipinski definition) is 3. The highest BCUT2D eigenvalue weighted by Gasteiger charge is 2.71. The van der Waals surface area contributed by atoms with Crippen LogP contribution < -0.4 is 5.32 Å². The normalized spacial score (nSPS) is 33.6. The molecule has 2 N–H and O–H groups in total. The molecule has 70 valence electrons. The number of imide groups is 1. The minimum absolute atomic E-state index is 0.262. The lowest BCUT2D eigenvalue weighted by Crippen LogP contribution is -2.57. The number of hydrogen-bond donors (Lipinski definition) is 2. The monoisotopic (exact) mass is 181 g/mol. The van der Waals surface area contributed by atoms with Crippen LogP contribution in [-0.4, -0.2) is 23.0 Å². The molecular formula is C9H11NO3. The third-order valence-electron chi connectivity index (χ3n) is 3.76. The van der Waals surface area contributed by atoms with Gasteiger partial charge in [-0.1, -0.05) is 0 Å². The standard InChI is InChI=1S/C9H11NO3/c11-5-8(1-2-8)6(12)10-7(13)9(5)3-4-9/h5,11H,1-4H2,(H,10,12,13). The van der Waals surface area contributed by atoms with E-state index in [0.717, 1.165) is 25.7 Å². The van der Waals surface area contributed by atoms with E-state index in [1.165, 1.54) is 0 Å². The molecule has 1 aliphatic heterocycles. The Morgan fingerprint density at radius 2 is 1.46 bits per heavy atom. The third-order valence-corrected chi connectivity index (χ3v) is 3.76. The number of aliphatic hydroxyl groups excluding tert-OH is 1. The van der Waals surface area contributed by atoms with Gasteiger partial charge in [-0.3, -0.25) is 14.9 Å². The fourth-order valence-electron chi connectivity index (χ4n) is 2.40. The van der Waals surface area contributed by atoms with Gasteiger partial charge in [0.15, 0.2) is 0 Å². The number of carbonyl (C=O) groups excluding carboxylic acids is 2. The molecule has 0 aromatic carbocycles. The van der Waals surface area contributed by atoms with Crippen LogP contribution in [-0.2, 0) is 9.59 Å². The van der Waals surface area contributed by atoms with Crippen LogP contribution in [0.4, 0.5) is 0 Å². The molecule has 2 spiro atoms. The molecule has 1 heterocycles. The largest absolute Gasteiger partial charge is 0.391 e. The summed E-state index contributed by atoms with van der Waals surface area (Å²) < 4.78 is 0. The summed E-state index contributed by atoms with van der Waals surface area (Å²) in [5, 5.41) is 12.3. The lowest BCUT2D eigenvalue weighted by molar-refractivity contribution is -0.152. The van der Waals surface area contributed by atoms with Crippen LogP contribution in [0.15, 0.2) is 0 Å². The zero-order valence-corrected chi connectivity index (χ0v) is 7.17. The van der Waals surface area contributed by atoms with E-state index in [1.54, 1.807) is 0 Å². The van der Waals surface area contributed by atoms with E-state index < -0.39 is 16.9 Å². The average Bonchev–Trinajstić information content (AvgIpc) is 2.98. The van der Waals surface area contributed by atoms with E-state index in [0.29, 0.717) is 0 Å². The van der Waals surface area contributed by atoms with Gasteiger partial charge in [-0.2, -0.15) is 0 Å². The van der Waals surface area contributed by atoms with Crippen molar-refractivity contribution in [1.82, 2.24) is 5.32 Å². The van der Waals surface area contributed by atoms with Gasteiger partial charge in [0.05, 0.1) is 16.9 Å². The summed E-state index contributed by atoms with van der Waals surface area (Å²) in [7, 11) is 0. The fraction of sp³-hybridized carbons (Fsp3) is 0.778. The Hall–Kier alpha value is -0.900. The average molecular weight is 181 g/mol. The molecule has 2 amide bonds. The SMILES string of the molecule is O=C1NC(=O)C2(CC2)C(O)C12CC2. The molecule has 0 bridgehead atoms. The molecule has 0 atom stereocenters. The van der Waals surface area contributed by atoms with Crippen molar-refractivity contribution >= 4 is 11.8 Å². The second-order valence-corrected chi connectivity index (χ2v) is 4.50. The maximum atomic E-state index is 11.4. The minimum atomic E-state index is -0.721. The first-order valence-electron chi connectivity index (χ1n) is 4.66. The summed E-state index contributed by atoms with van der Waals surface area (Å²) in [5.41, 5.74) is -1.19. The summed E-state index contributed by atoms with van der Waals surface area (Å²) in [6.45, 7) is 0. The highest BCUT2D eigenvalue weighted by atomic mass is 16.3. The smallest absolute Gasteiger partial charge is 0.235 e. The highest BCUT2D eigenvalue weighted by molar-refractivity contribution is 6.06. The Bertz CT molecular complexity index is 285. The van der Waals surface area contributed by atoms with E-state index in [1.807, 2.05) is 0 Å². The van der Waals surface area contributed by atoms with Crippen molar-refractivity contribution < 1.29 is 14.7 Å². The molecule has 4 nitrogen and oxygen atoms in total. The van der Waals surface area contributed by atoms with Gasteiger partial charge < -0.3 is 5.11 Å². The van der Waals surface area contributed by atoms with Crippen LogP contribution in [0.5, 0.6) is 0 Å². The topological polar surface area (TPSA) is 66.4 Å². The van der Waals surface area contributed by atoms with Gasteiger partial charge in [-0.15, -0.1) is 0 Å². The van der Waals surface area contributed by atoms with Gasteiger partial charge in [0.1, 0.15) is 0 Å². The molecule has 4 heteroatoms. The Labute approximate surface area is 75.3 Å². The molecule has 2 saturated carbocycles. The summed E-state index contributed by atoms with van der Waals surface area (Å²) in [4.78, 5) is 22.8. The molecule has 0 aromatic heterocycles. The maximum Gasteiger partial charge on any atom is 0.235 e. The van der Waals surface area contributed by atoms with Crippen molar-refractivity contribution in [2.24, 2.45) is 10.8 Å². The van der Waals surface area contributed by atoms with E-state index in [2.05, 4.69) is 5.32 Å². The second-order valence-electron chi connectivity index (χ2n) is 4.50. The first-order chi connectivity index (χ1) is 6.12. The first kappa shape index (κ1) is 7.50. The van der Waals surface area contributed by atoms with Crippen LogP contribution >= 0.6 is 0 Å². The van der Waals surface area contributed by atoms with Crippen molar-refractivity contribution in [3.63, 3.8) is 0 Å². The van der Waals surface area contributed by atoms with Crippen molar-refractivity contribution in [1.29, 1.82) is 0 Å². The summed E-state index contributed by atoms with van der Waals surface area (Å²) in [5.74, 6) is -0.523. The van der Waals surface area contributed by atoms with E-state index in [-0.39, 0.29) is 11.8 Å². The Morgan fingerprint density at radius 1 is 1.08 bits per heavy atom. The number of amides is 2. The Kier molecular flexibility index (Phi) is 1.04. The van der Waals surface area contributed by atoms with E-state index in [4.69, 9.17) is 0 Å². The number of nitrogens with one attached hydrogen (secondary N) is 1. The lowest BCUT2D eigenvalue weighted by atomic mass is 9.81. The van der Waals surface area contributed by atoms with Gasteiger partial charge in [-0.25, -0.2) is 0 Å². The number of carbonyl (C=O) groups is 2. The summed E-state index contributed by atoms with van der Waals surface area (Å²) in [6.07, 6.45) is 2.20. The molecule has 0 aromatic rings. The summed E-state index contributed by atoms with van der Waals surface area (Å²) >= 11 is 0. The van der Waals surface area contributed by atoms with Gasteiger partial charge in [0.2, 0.25) is 11.8 Å². The molecule has 2 aliphatic carbocycles. The first-order valence-corrected chi connectivity index (χ1v) is 4.66. The fourth-order valence-corrected chi connectivity index (χ4v) is 2.40. The molecule has 1 saturated heterocycles. The zero-order valence-electron chi connectivity index (χ0n) is 7.17. The molecular weight excluding hydrogens is 170 g/mol. The van der Waals surface area contributed by atoms with Crippen LogP contribution in [0.2, 0.25) is 0 Å². The quantitative estimate of drug-likeness (QED) is 0.498. The lowest BCUT2D eigenvalue weighted by Gasteiger charge is -2.33. The molecule has 3 aliphatic rings. The maximum absolute atomic E-state index is 11.4. The summed E-state index contributed by atoms with van der Waals surface area (Å²) in [6, 6.07) is 0. The van der Waals surface area contributed by atoms with Crippen molar-refractivity contribution in [3.05, 3.63) is 0 Å². The number of piperidine rings is 1. The van der Waals surface area contributed by atoms with Gasteiger partial charge in [0, 0.05) is 0 Å². The number of aliphatic hydroxyl groups is 1. The molecule has 0 unspecified atom stereocenters. The Morgan fingerprint density at radius 3 is 1.77 bits per heavy atom. The predicted octanol–water partition coefficient (Wildman–Crippen LogP) is -0.436. The van der Waals surface area contributed by atoms with Crippen molar-refractivity contribution in [3.8, 4) is 0 Å². The van der Waals surface area contributed by atoms with Crippen molar-refractivity contribution in [2.45, 2.75) is 31.8 Å².